The molecule has 2 fully saturated rings. The monoisotopic (exact) mass is 303 g/mol. The van der Waals surface area contributed by atoms with E-state index in [0.717, 1.165) is 5.56 Å². The van der Waals surface area contributed by atoms with E-state index in [0.29, 0.717) is 24.1 Å². The van der Waals surface area contributed by atoms with E-state index in [1.165, 1.54) is 38.9 Å². The summed E-state index contributed by atoms with van der Waals surface area (Å²) in [5.41, 5.74) is 0.976. The Bertz CT molecular complexity index is 586. The van der Waals surface area contributed by atoms with Crippen LogP contribution in [0.1, 0.15) is 41.6 Å². The van der Waals surface area contributed by atoms with Gasteiger partial charge in [0.15, 0.2) is 0 Å². The zero-order chi connectivity index (χ0) is 15.7. The van der Waals surface area contributed by atoms with E-state index in [9.17, 15) is 9.59 Å². The number of nitrogens with one attached hydrogen (secondary N) is 1. The molecule has 0 radical (unpaired) electrons. The van der Waals surface area contributed by atoms with Gasteiger partial charge >= 0.3 is 5.97 Å². The van der Waals surface area contributed by atoms with Crippen molar-refractivity contribution in [1.29, 1.82) is 0 Å². The fourth-order valence-electron chi connectivity index (χ4n) is 3.71. The number of carboxylic acid groups (broad SMARTS) is 1. The molecule has 0 aliphatic heterocycles. The Hall–Kier alpha value is -2.04. The SMILES string of the molecule is COc1cc(CNC(=O)C2[C@@H]3CCCC[C@@H]23)ccc1C(=O)O. The Morgan fingerprint density at radius 1 is 1.27 bits per heavy atom. The lowest BCUT2D eigenvalue weighted by atomic mass is 10.0. The molecule has 22 heavy (non-hydrogen) atoms. The molecule has 2 atom stereocenters. The summed E-state index contributed by atoms with van der Waals surface area (Å²) in [6, 6.07) is 4.90. The summed E-state index contributed by atoms with van der Waals surface area (Å²) in [6.07, 6.45) is 4.87. The average Bonchev–Trinajstić information content (AvgIpc) is 3.26. The van der Waals surface area contributed by atoms with Gasteiger partial charge in [-0.2, -0.15) is 0 Å². The van der Waals surface area contributed by atoms with Gasteiger partial charge in [0.2, 0.25) is 5.91 Å². The van der Waals surface area contributed by atoms with Crippen LogP contribution in [0.5, 0.6) is 5.75 Å². The number of ether oxygens (including phenoxy) is 1. The van der Waals surface area contributed by atoms with Crippen LogP contribution < -0.4 is 10.1 Å². The van der Waals surface area contributed by atoms with E-state index >= 15 is 0 Å². The normalized spacial score (nSPS) is 26.0. The molecule has 0 heterocycles. The first kappa shape index (κ1) is 14.9. The van der Waals surface area contributed by atoms with Crippen molar-refractivity contribution < 1.29 is 19.4 Å². The highest BCUT2D eigenvalue weighted by Gasteiger charge is 2.54. The smallest absolute Gasteiger partial charge is 0.339 e. The molecule has 1 aromatic carbocycles. The Kier molecular flexibility index (Phi) is 4.05. The van der Waals surface area contributed by atoms with Crippen LogP contribution in [0.4, 0.5) is 0 Å². The maximum absolute atomic E-state index is 12.2. The first-order chi connectivity index (χ1) is 10.6. The number of methoxy groups -OCH3 is 1. The fraction of sp³-hybridized carbons (Fsp3) is 0.529. The number of rotatable bonds is 5. The summed E-state index contributed by atoms with van der Waals surface area (Å²) in [7, 11) is 1.44. The van der Waals surface area contributed by atoms with Crippen LogP contribution in [0.2, 0.25) is 0 Å². The molecular weight excluding hydrogens is 282 g/mol. The molecule has 2 aliphatic rings. The minimum absolute atomic E-state index is 0.130. The maximum atomic E-state index is 12.2. The molecular formula is C17H21NO4. The van der Waals surface area contributed by atoms with Crippen LogP contribution >= 0.6 is 0 Å². The number of aromatic carboxylic acids is 1. The maximum Gasteiger partial charge on any atom is 0.339 e. The van der Waals surface area contributed by atoms with E-state index in [-0.39, 0.29) is 17.4 Å². The number of hydrogen-bond acceptors (Lipinski definition) is 3. The second kappa shape index (κ2) is 5.99. The van der Waals surface area contributed by atoms with Gasteiger partial charge in [-0.1, -0.05) is 18.9 Å². The fourth-order valence-corrected chi connectivity index (χ4v) is 3.71. The summed E-state index contributed by atoms with van der Waals surface area (Å²) in [5, 5.41) is 12.0. The minimum atomic E-state index is -1.02. The number of carboxylic acids is 1. The molecule has 2 N–H and O–H groups in total. The Morgan fingerprint density at radius 2 is 1.95 bits per heavy atom. The van der Waals surface area contributed by atoms with E-state index in [2.05, 4.69) is 5.32 Å². The van der Waals surface area contributed by atoms with E-state index < -0.39 is 5.97 Å². The van der Waals surface area contributed by atoms with E-state index in [1.54, 1.807) is 12.1 Å². The largest absolute Gasteiger partial charge is 0.496 e. The standard InChI is InChI=1S/C17H21NO4/c1-22-14-8-10(6-7-13(14)17(20)21)9-18-16(19)15-11-4-2-3-5-12(11)15/h6-8,11-12,15H,2-5,9H2,1H3,(H,18,19)(H,20,21)/t11-,12-/m1/s1. The Balaban J connectivity index is 1.59. The van der Waals surface area contributed by atoms with Gasteiger partial charge in [0.25, 0.3) is 0 Å². The quantitative estimate of drug-likeness (QED) is 0.876. The van der Waals surface area contributed by atoms with Crippen LogP contribution in [0.3, 0.4) is 0 Å². The Morgan fingerprint density at radius 3 is 2.55 bits per heavy atom. The van der Waals surface area contributed by atoms with Gasteiger partial charge in [-0.15, -0.1) is 0 Å². The highest BCUT2D eigenvalue weighted by molar-refractivity contribution is 5.91. The predicted molar refractivity (Wildman–Crippen MR) is 80.7 cm³/mol. The third-order valence-electron chi connectivity index (χ3n) is 4.92. The lowest BCUT2D eigenvalue weighted by Gasteiger charge is -2.09. The highest BCUT2D eigenvalue weighted by atomic mass is 16.5. The summed E-state index contributed by atoms with van der Waals surface area (Å²) in [6.45, 7) is 0.408. The van der Waals surface area contributed by atoms with Crippen molar-refractivity contribution in [2.75, 3.05) is 7.11 Å². The molecule has 0 unspecified atom stereocenters. The van der Waals surface area contributed by atoms with Crippen molar-refractivity contribution in [3.8, 4) is 5.75 Å². The number of fused-ring (bicyclic) bond motifs is 1. The van der Waals surface area contributed by atoms with Crippen LogP contribution in [0.15, 0.2) is 18.2 Å². The molecule has 0 aromatic heterocycles. The number of carbonyl (C=O) groups excluding carboxylic acids is 1. The topological polar surface area (TPSA) is 75.6 Å². The zero-order valence-electron chi connectivity index (χ0n) is 12.7. The van der Waals surface area contributed by atoms with Crippen LogP contribution in [-0.4, -0.2) is 24.1 Å². The number of hydrogen-bond donors (Lipinski definition) is 2. The van der Waals surface area contributed by atoms with E-state index in [4.69, 9.17) is 9.84 Å². The van der Waals surface area contributed by atoms with Crippen LogP contribution in [-0.2, 0) is 11.3 Å². The summed E-state index contributed by atoms with van der Waals surface area (Å²) in [4.78, 5) is 23.3. The molecule has 118 valence electrons. The molecule has 0 bridgehead atoms. The number of amides is 1. The molecule has 1 amide bonds. The van der Waals surface area contributed by atoms with Gasteiger partial charge in [0, 0.05) is 12.5 Å². The van der Waals surface area contributed by atoms with E-state index in [1.807, 2.05) is 0 Å². The van der Waals surface area contributed by atoms with Crippen molar-refractivity contribution in [2.24, 2.45) is 17.8 Å². The van der Waals surface area contributed by atoms with Gasteiger partial charge < -0.3 is 15.2 Å². The van der Waals surface area contributed by atoms with Gasteiger partial charge in [-0.3, -0.25) is 4.79 Å². The van der Waals surface area contributed by atoms with Gasteiger partial charge in [-0.25, -0.2) is 4.79 Å². The van der Waals surface area contributed by atoms with Gasteiger partial charge in [-0.05, 0) is 42.4 Å². The first-order valence-corrected chi connectivity index (χ1v) is 7.79. The minimum Gasteiger partial charge on any atom is -0.496 e. The number of benzene rings is 1. The molecule has 5 nitrogen and oxygen atoms in total. The van der Waals surface area contributed by atoms with Gasteiger partial charge in [0.1, 0.15) is 11.3 Å². The summed E-state index contributed by atoms with van der Waals surface area (Å²) < 4.78 is 5.10. The molecule has 5 heteroatoms. The second-order valence-electron chi connectivity index (χ2n) is 6.20. The summed E-state index contributed by atoms with van der Waals surface area (Å²) in [5.74, 6) is 0.824. The third-order valence-corrected chi connectivity index (χ3v) is 4.92. The molecule has 0 spiro atoms. The molecule has 3 rings (SSSR count). The van der Waals surface area contributed by atoms with Crippen molar-refractivity contribution >= 4 is 11.9 Å². The number of carbonyl (C=O) groups is 2. The zero-order valence-corrected chi connectivity index (χ0v) is 12.7. The predicted octanol–water partition coefficient (Wildman–Crippen LogP) is 2.45. The van der Waals surface area contributed by atoms with Crippen molar-refractivity contribution in [1.82, 2.24) is 5.32 Å². The third kappa shape index (κ3) is 2.80. The highest BCUT2D eigenvalue weighted by Crippen LogP contribution is 2.55. The molecule has 1 aromatic rings. The van der Waals surface area contributed by atoms with Crippen molar-refractivity contribution in [3.05, 3.63) is 29.3 Å². The van der Waals surface area contributed by atoms with Crippen molar-refractivity contribution in [3.63, 3.8) is 0 Å². The lowest BCUT2D eigenvalue weighted by Crippen LogP contribution is -2.25. The molecule has 2 aliphatic carbocycles. The molecule has 2 saturated carbocycles. The molecule has 0 saturated heterocycles. The van der Waals surface area contributed by atoms with Crippen LogP contribution in [0.25, 0.3) is 0 Å². The van der Waals surface area contributed by atoms with Gasteiger partial charge in [0.05, 0.1) is 7.11 Å². The second-order valence-corrected chi connectivity index (χ2v) is 6.20. The van der Waals surface area contributed by atoms with Crippen molar-refractivity contribution in [2.45, 2.75) is 32.2 Å². The van der Waals surface area contributed by atoms with Crippen LogP contribution in [0, 0.1) is 17.8 Å². The Labute approximate surface area is 129 Å². The summed E-state index contributed by atoms with van der Waals surface area (Å²) >= 11 is 0. The lowest BCUT2D eigenvalue weighted by molar-refractivity contribution is -0.123. The first-order valence-electron chi connectivity index (χ1n) is 7.79. The average molecular weight is 303 g/mol.